The lowest BCUT2D eigenvalue weighted by molar-refractivity contribution is 1.40. The Morgan fingerprint density at radius 3 is 2.71 bits per heavy atom. The Balaban J connectivity index is 2.09. The lowest BCUT2D eigenvalue weighted by atomic mass is 10.0. The van der Waals surface area contributed by atoms with Gasteiger partial charge in [0.15, 0.2) is 0 Å². The van der Waals surface area contributed by atoms with Gasteiger partial charge in [-0.25, -0.2) is 0 Å². The van der Waals surface area contributed by atoms with Gasteiger partial charge in [0.2, 0.25) is 0 Å². The van der Waals surface area contributed by atoms with E-state index in [1.54, 1.807) is 0 Å². The number of benzene rings is 2. The summed E-state index contributed by atoms with van der Waals surface area (Å²) in [6, 6.07) is 16.6. The van der Waals surface area contributed by atoms with E-state index in [9.17, 15) is 0 Å². The summed E-state index contributed by atoms with van der Waals surface area (Å²) < 4.78 is 0. The van der Waals surface area contributed by atoms with Crippen LogP contribution in [0.1, 0.15) is 11.1 Å². The highest BCUT2D eigenvalue weighted by molar-refractivity contribution is 5.53. The van der Waals surface area contributed by atoms with Crippen molar-refractivity contribution in [3.63, 3.8) is 0 Å². The number of rotatable bonds is 1. The van der Waals surface area contributed by atoms with Gasteiger partial charge in [0.1, 0.15) is 5.56 Å². The topological polar surface area (TPSA) is 0 Å². The van der Waals surface area contributed by atoms with Crippen LogP contribution in [0.2, 0.25) is 0 Å². The number of fused-ring (bicyclic) bond motifs is 1. The van der Waals surface area contributed by atoms with Crippen LogP contribution in [-0.4, -0.2) is 0 Å². The Hall–Kier alpha value is -2.30. The molecule has 0 amide bonds. The van der Waals surface area contributed by atoms with E-state index in [2.05, 4.69) is 61.1 Å². The van der Waals surface area contributed by atoms with Gasteiger partial charge in [0.25, 0.3) is 0 Å². The first-order valence-electron chi connectivity index (χ1n) is 5.73. The molecular weight excluding hydrogens is 204 g/mol. The molecule has 1 aliphatic rings. The number of allylic oxidation sites excluding steroid dienone is 2. The summed E-state index contributed by atoms with van der Waals surface area (Å²) in [7, 11) is 0. The molecule has 0 aromatic heterocycles. The molecule has 0 nitrogen and oxygen atoms in total. The highest BCUT2D eigenvalue weighted by atomic mass is 14.0. The second-order valence-electron chi connectivity index (χ2n) is 4.05. The molecule has 2 aromatic carbocycles. The Morgan fingerprint density at radius 1 is 0.941 bits per heavy atom. The van der Waals surface area contributed by atoms with Crippen LogP contribution in [0.3, 0.4) is 0 Å². The molecule has 0 unspecified atom stereocenters. The first-order chi connectivity index (χ1) is 8.42. The Labute approximate surface area is 101 Å². The zero-order valence-corrected chi connectivity index (χ0v) is 9.43. The third-order valence-electron chi connectivity index (χ3n) is 2.81. The SMILES string of the molecule is [C+](c1ccccc1)=c1ccc2c(c1)[CH-]C=CC=2. The van der Waals surface area contributed by atoms with Crippen molar-refractivity contribution in [2.75, 3.05) is 0 Å². The zero-order valence-electron chi connectivity index (χ0n) is 9.43. The highest BCUT2D eigenvalue weighted by Crippen LogP contribution is 2.01. The second-order valence-corrected chi connectivity index (χ2v) is 4.05. The first kappa shape index (κ1) is 9.89. The fraction of sp³-hybridized carbons (Fsp3) is 0. The van der Waals surface area contributed by atoms with E-state index in [1.165, 1.54) is 10.8 Å². The van der Waals surface area contributed by atoms with Gasteiger partial charge < -0.3 is 0 Å². The second kappa shape index (κ2) is 4.29. The summed E-state index contributed by atoms with van der Waals surface area (Å²) in [4.78, 5) is 0. The number of hydrogen-bond donors (Lipinski definition) is 0. The van der Waals surface area contributed by atoms with Crippen molar-refractivity contribution in [2.45, 2.75) is 0 Å². The summed E-state index contributed by atoms with van der Waals surface area (Å²) in [5.41, 5.74) is 2.37. The van der Waals surface area contributed by atoms with E-state index < -0.39 is 0 Å². The molecular formula is C17H12. The molecule has 0 spiro atoms. The number of hydrogen-bond acceptors (Lipinski definition) is 0. The maximum atomic E-state index is 3.40. The maximum Gasteiger partial charge on any atom is 0.120 e. The monoisotopic (exact) mass is 216 g/mol. The van der Waals surface area contributed by atoms with Gasteiger partial charge in [-0.2, -0.15) is 0 Å². The smallest absolute Gasteiger partial charge is 0.120 e. The normalized spacial score (nSPS) is 13.3. The van der Waals surface area contributed by atoms with Crippen LogP contribution in [0.4, 0.5) is 0 Å². The molecule has 0 N–H and O–H groups in total. The molecule has 1 aliphatic carbocycles. The van der Waals surface area contributed by atoms with Crippen molar-refractivity contribution in [1.82, 2.24) is 0 Å². The van der Waals surface area contributed by atoms with Gasteiger partial charge in [0.05, 0.1) is 0 Å². The van der Waals surface area contributed by atoms with Crippen LogP contribution in [0, 0.1) is 6.42 Å². The largest absolute Gasteiger partial charge is 0.145 e. The third-order valence-corrected chi connectivity index (χ3v) is 2.81. The van der Waals surface area contributed by atoms with Crippen LogP contribution in [0.15, 0.2) is 60.7 Å². The summed E-state index contributed by atoms with van der Waals surface area (Å²) in [6.07, 6.45) is 11.8. The van der Waals surface area contributed by atoms with Crippen molar-refractivity contribution < 1.29 is 0 Å². The van der Waals surface area contributed by atoms with E-state index >= 15 is 0 Å². The van der Waals surface area contributed by atoms with Crippen LogP contribution >= 0.6 is 0 Å². The molecule has 0 aliphatic heterocycles. The van der Waals surface area contributed by atoms with Crippen LogP contribution in [-0.2, 0) is 0 Å². The predicted molar refractivity (Wildman–Crippen MR) is 71.7 cm³/mol. The highest BCUT2D eigenvalue weighted by Gasteiger charge is 1.93. The first-order valence-corrected chi connectivity index (χ1v) is 5.73. The summed E-state index contributed by atoms with van der Waals surface area (Å²) in [5.74, 6) is 0. The molecule has 0 heteroatoms. The fourth-order valence-corrected chi connectivity index (χ4v) is 1.96. The maximum absolute atomic E-state index is 3.40. The van der Waals surface area contributed by atoms with E-state index in [0.717, 1.165) is 10.8 Å². The molecule has 0 atom stereocenters. The molecule has 17 heavy (non-hydrogen) atoms. The van der Waals surface area contributed by atoms with Gasteiger partial charge in [0, 0.05) is 17.4 Å². The quantitative estimate of drug-likeness (QED) is 0.642. The van der Waals surface area contributed by atoms with Gasteiger partial charge in [-0.15, -0.1) is 41.5 Å². The molecule has 0 radical (unpaired) electrons. The van der Waals surface area contributed by atoms with Gasteiger partial charge in [-0.05, 0) is 30.3 Å². The average molecular weight is 216 g/mol. The lowest BCUT2D eigenvalue weighted by Crippen LogP contribution is -2.15. The fourth-order valence-electron chi connectivity index (χ4n) is 1.96. The van der Waals surface area contributed by atoms with Crippen molar-refractivity contribution in [3.05, 3.63) is 88.7 Å². The molecule has 0 heterocycles. The average Bonchev–Trinajstić information content (AvgIpc) is 2.40. The Bertz CT molecular complexity index is 661. The molecule has 0 fully saturated rings. The molecule has 80 valence electrons. The van der Waals surface area contributed by atoms with E-state index in [1.807, 2.05) is 18.2 Å². The van der Waals surface area contributed by atoms with Gasteiger partial charge in [-0.1, -0.05) is 6.07 Å². The minimum atomic E-state index is 1.11. The summed E-state index contributed by atoms with van der Waals surface area (Å²) >= 11 is 0. The van der Waals surface area contributed by atoms with Crippen molar-refractivity contribution in [2.24, 2.45) is 0 Å². The van der Waals surface area contributed by atoms with E-state index in [-0.39, 0.29) is 0 Å². The Morgan fingerprint density at radius 2 is 1.82 bits per heavy atom. The minimum absolute atomic E-state index is 1.11. The molecule has 0 bridgehead atoms. The van der Waals surface area contributed by atoms with E-state index in [4.69, 9.17) is 0 Å². The lowest BCUT2D eigenvalue weighted by Gasteiger charge is -2.09. The minimum Gasteiger partial charge on any atom is -0.145 e. The van der Waals surface area contributed by atoms with Crippen molar-refractivity contribution in [3.8, 4) is 0 Å². The molecule has 2 aromatic rings. The van der Waals surface area contributed by atoms with Crippen LogP contribution < -0.4 is 10.4 Å². The summed E-state index contributed by atoms with van der Waals surface area (Å²) in [6.45, 7) is 0. The zero-order chi connectivity index (χ0) is 11.5. The van der Waals surface area contributed by atoms with Crippen LogP contribution in [0.25, 0.3) is 12.2 Å². The predicted octanol–water partition coefficient (Wildman–Crippen LogP) is 2.30. The third kappa shape index (κ3) is 2.13. The standard InChI is InChI=1S/C17H12/c1-2-6-14(7-3-1)12-15-10-11-16-8-4-5-9-17(16)13-15/h1-11,13H. The van der Waals surface area contributed by atoms with Gasteiger partial charge >= 0.3 is 0 Å². The molecule has 0 saturated heterocycles. The van der Waals surface area contributed by atoms with E-state index in [0.29, 0.717) is 0 Å². The van der Waals surface area contributed by atoms with Crippen molar-refractivity contribution in [1.29, 1.82) is 0 Å². The molecule has 0 saturated carbocycles. The summed E-state index contributed by atoms with van der Waals surface area (Å²) in [5, 5.41) is 2.39. The van der Waals surface area contributed by atoms with Gasteiger partial charge in [-0.3, -0.25) is 0 Å². The van der Waals surface area contributed by atoms with Crippen molar-refractivity contribution >= 4 is 12.2 Å². The van der Waals surface area contributed by atoms with Crippen LogP contribution in [0.5, 0.6) is 0 Å². The Kier molecular flexibility index (Phi) is 2.50. The molecule has 3 rings (SSSR count).